The summed E-state index contributed by atoms with van der Waals surface area (Å²) in [5.41, 5.74) is 9.21. The lowest BCUT2D eigenvalue weighted by Crippen LogP contribution is -2.35. The number of phenols is 1. The van der Waals surface area contributed by atoms with Crippen molar-refractivity contribution in [3.63, 3.8) is 0 Å². The fourth-order valence-electron chi connectivity index (χ4n) is 2.70. The van der Waals surface area contributed by atoms with Crippen LogP contribution in [0.15, 0.2) is 42.5 Å². The van der Waals surface area contributed by atoms with E-state index in [2.05, 4.69) is 5.32 Å². The van der Waals surface area contributed by atoms with Crippen molar-refractivity contribution in [3.8, 4) is 5.75 Å². The van der Waals surface area contributed by atoms with Gasteiger partial charge >= 0.3 is 6.03 Å². The first-order valence-electron chi connectivity index (χ1n) is 7.39. The summed E-state index contributed by atoms with van der Waals surface area (Å²) in [6.07, 6.45) is 2.97. The number of nitrogen functional groups attached to an aromatic ring is 1. The molecule has 1 heterocycles. The van der Waals surface area contributed by atoms with Gasteiger partial charge in [-0.1, -0.05) is 6.07 Å². The van der Waals surface area contributed by atoms with Crippen molar-refractivity contribution in [3.05, 3.63) is 48.0 Å². The molecule has 2 aromatic rings. The Balaban J connectivity index is 1.85. The maximum Gasteiger partial charge on any atom is 0.326 e. The van der Waals surface area contributed by atoms with E-state index in [9.17, 15) is 9.90 Å². The maximum absolute atomic E-state index is 12.6. The van der Waals surface area contributed by atoms with E-state index in [4.69, 9.17) is 5.73 Å². The zero-order valence-corrected chi connectivity index (χ0v) is 12.2. The van der Waals surface area contributed by atoms with Gasteiger partial charge in [0.1, 0.15) is 5.75 Å². The molecule has 0 fully saturated rings. The number of benzene rings is 2. The van der Waals surface area contributed by atoms with E-state index in [-0.39, 0.29) is 11.8 Å². The van der Waals surface area contributed by atoms with Gasteiger partial charge in [0.25, 0.3) is 0 Å². The highest BCUT2D eigenvalue weighted by molar-refractivity contribution is 6.02. The number of aryl methyl sites for hydroxylation is 1. The molecule has 0 bridgehead atoms. The number of urea groups is 1. The van der Waals surface area contributed by atoms with Crippen LogP contribution in [-0.2, 0) is 6.42 Å². The number of nitrogens with two attached hydrogens (primary N) is 1. The summed E-state index contributed by atoms with van der Waals surface area (Å²) in [6, 6.07) is 12.0. The summed E-state index contributed by atoms with van der Waals surface area (Å²) in [5.74, 6) is 0.172. The van der Waals surface area contributed by atoms with Crippen molar-refractivity contribution < 1.29 is 9.90 Å². The number of carbonyl (C=O) groups is 1. The van der Waals surface area contributed by atoms with Crippen molar-refractivity contribution in [2.75, 3.05) is 22.5 Å². The monoisotopic (exact) mass is 297 g/mol. The highest BCUT2D eigenvalue weighted by Crippen LogP contribution is 2.29. The molecule has 1 aliphatic heterocycles. The minimum atomic E-state index is -0.181. The molecule has 2 aromatic carbocycles. The predicted octanol–water partition coefficient (Wildman–Crippen LogP) is 3.35. The van der Waals surface area contributed by atoms with E-state index in [1.54, 1.807) is 29.2 Å². The van der Waals surface area contributed by atoms with Crippen LogP contribution in [-0.4, -0.2) is 17.7 Å². The van der Waals surface area contributed by atoms with E-state index < -0.39 is 0 Å². The van der Waals surface area contributed by atoms with Gasteiger partial charge < -0.3 is 16.2 Å². The van der Waals surface area contributed by atoms with Crippen LogP contribution < -0.4 is 16.0 Å². The smallest absolute Gasteiger partial charge is 0.326 e. The molecule has 5 heteroatoms. The zero-order valence-electron chi connectivity index (χ0n) is 12.2. The lowest BCUT2D eigenvalue weighted by atomic mass is 10.1. The lowest BCUT2D eigenvalue weighted by Gasteiger charge is -2.23. The number of nitrogens with one attached hydrogen (secondary N) is 1. The molecule has 3 rings (SSSR count). The van der Waals surface area contributed by atoms with Gasteiger partial charge in [0.05, 0.1) is 5.69 Å². The minimum absolute atomic E-state index is 0.172. The fourth-order valence-corrected chi connectivity index (χ4v) is 2.70. The number of fused-ring (bicyclic) bond motifs is 1. The molecule has 114 valence electrons. The first kappa shape index (κ1) is 14.3. The summed E-state index contributed by atoms with van der Waals surface area (Å²) in [5, 5.41) is 12.2. The van der Waals surface area contributed by atoms with Crippen LogP contribution in [0.4, 0.5) is 21.9 Å². The van der Waals surface area contributed by atoms with Gasteiger partial charge in [-0.15, -0.1) is 0 Å². The summed E-state index contributed by atoms with van der Waals surface area (Å²) in [6.45, 7) is 0.667. The van der Waals surface area contributed by atoms with Crippen LogP contribution in [0.2, 0.25) is 0 Å². The second-order valence-electron chi connectivity index (χ2n) is 5.47. The van der Waals surface area contributed by atoms with Crippen LogP contribution >= 0.6 is 0 Å². The molecule has 5 nitrogen and oxygen atoms in total. The Kier molecular flexibility index (Phi) is 3.87. The maximum atomic E-state index is 12.6. The minimum Gasteiger partial charge on any atom is -0.508 e. The van der Waals surface area contributed by atoms with Gasteiger partial charge in [-0.2, -0.15) is 0 Å². The van der Waals surface area contributed by atoms with Gasteiger partial charge in [0.15, 0.2) is 0 Å². The highest BCUT2D eigenvalue weighted by atomic mass is 16.3. The van der Waals surface area contributed by atoms with Crippen molar-refractivity contribution >= 4 is 23.1 Å². The molecule has 0 spiro atoms. The van der Waals surface area contributed by atoms with Crippen LogP contribution in [0, 0.1) is 0 Å². The third-order valence-electron chi connectivity index (χ3n) is 3.84. The Morgan fingerprint density at radius 3 is 2.68 bits per heavy atom. The molecule has 0 saturated carbocycles. The van der Waals surface area contributed by atoms with Crippen LogP contribution in [0.25, 0.3) is 0 Å². The van der Waals surface area contributed by atoms with Crippen LogP contribution in [0.5, 0.6) is 5.75 Å². The van der Waals surface area contributed by atoms with Crippen LogP contribution in [0.3, 0.4) is 0 Å². The number of carbonyl (C=O) groups excluding carboxylic acids is 1. The number of nitrogens with zero attached hydrogens (tertiary/aromatic N) is 1. The summed E-state index contributed by atoms with van der Waals surface area (Å²) in [7, 11) is 0. The van der Waals surface area contributed by atoms with Gasteiger partial charge in [0.2, 0.25) is 0 Å². The SMILES string of the molecule is Nc1ccc2c(c1)N(C(=O)Nc1ccc(O)cc1)CCCC2. The molecule has 4 N–H and O–H groups in total. The Bertz CT molecular complexity index is 683. The molecule has 1 aliphatic rings. The van der Waals surface area contributed by atoms with Crippen molar-refractivity contribution in [1.82, 2.24) is 0 Å². The predicted molar refractivity (Wildman–Crippen MR) is 88.3 cm³/mol. The van der Waals surface area contributed by atoms with E-state index in [1.165, 1.54) is 0 Å². The lowest BCUT2D eigenvalue weighted by molar-refractivity contribution is 0.257. The van der Waals surface area contributed by atoms with Gasteiger partial charge in [-0.25, -0.2) is 4.79 Å². The van der Waals surface area contributed by atoms with Gasteiger partial charge in [0, 0.05) is 17.9 Å². The molecule has 0 aromatic heterocycles. The topological polar surface area (TPSA) is 78.6 Å². The normalized spacial score (nSPS) is 14.1. The standard InChI is InChI=1S/C17H19N3O2/c18-13-5-4-12-3-1-2-10-20(16(12)11-13)17(22)19-14-6-8-15(21)9-7-14/h4-9,11,21H,1-3,10,18H2,(H,19,22). The van der Waals surface area contributed by atoms with E-state index in [0.29, 0.717) is 17.9 Å². The summed E-state index contributed by atoms with van der Waals surface area (Å²) < 4.78 is 0. The second kappa shape index (κ2) is 5.97. The molecule has 0 atom stereocenters. The number of phenolic OH excluding ortho intramolecular Hbond substituents is 1. The third-order valence-corrected chi connectivity index (χ3v) is 3.84. The van der Waals surface area contributed by atoms with Crippen molar-refractivity contribution in [2.45, 2.75) is 19.3 Å². The first-order valence-corrected chi connectivity index (χ1v) is 7.39. The summed E-state index contributed by atoms with van der Waals surface area (Å²) >= 11 is 0. The van der Waals surface area contributed by atoms with Gasteiger partial charge in [-0.3, -0.25) is 4.90 Å². The number of hydrogen-bond donors (Lipinski definition) is 3. The second-order valence-corrected chi connectivity index (χ2v) is 5.47. The van der Waals surface area contributed by atoms with E-state index in [0.717, 1.165) is 30.5 Å². The average molecular weight is 297 g/mol. The molecular formula is C17H19N3O2. The fraction of sp³-hybridized carbons (Fsp3) is 0.235. The highest BCUT2D eigenvalue weighted by Gasteiger charge is 2.21. The first-order chi connectivity index (χ1) is 10.6. The number of hydrogen-bond acceptors (Lipinski definition) is 3. The molecule has 2 amide bonds. The molecule has 22 heavy (non-hydrogen) atoms. The molecule has 0 saturated heterocycles. The molecular weight excluding hydrogens is 278 g/mol. The molecule has 0 radical (unpaired) electrons. The third kappa shape index (κ3) is 2.98. The number of rotatable bonds is 1. The summed E-state index contributed by atoms with van der Waals surface area (Å²) in [4.78, 5) is 14.3. The Morgan fingerprint density at radius 2 is 1.91 bits per heavy atom. The average Bonchev–Trinajstić information content (AvgIpc) is 2.71. The Hall–Kier alpha value is -2.69. The Labute approximate surface area is 129 Å². The van der Waals surface area contributed by atoms with Gasteiger partial charge in [-0.05, 0) is 61.2 Å². The largest absolute Gasteiger partial charge is 0.508 e. The zero-order chi connectivity index (χ0) is 15.5. The van der Waals surface area contributed by atoms with E-state index in [1.807, 2.05) is 18.2 Å². The van der Waals surface area contributed by atoms with Crippen molar-refractivity contribution in [2.24, 2.45) is 0 Å². The quantitative estimate of drug-likeness (QED) is 0.558. The number of aromatic hydroxyl groups is 1. The Morgan fingerprint density at radius 1 is 1.14 bits per heavy atom. The van der Waals surface area contributed by atoms with Crippen molar-refractivity contribution in [1.29, 1.82) is 0 Å². The van der Waals surface area contributed by atoms with E-state index >= 15 is 0 Å². The van der Waals surface area contributed by atoms with Crippen LogP contribution in [0.1, 0.15) is 18.4 Å². The molecule has 0 unspecified atom stereocenters. The number of amides is 2. The number of anilines is 3. The molecule has 0 aliphatic carbocycles.